The van der Waals surface area contributed by atoms with E-state index in [1.807, 2.05) is 12.3 Å². The second-order valence-corrected chi connectivity index (χ2v) is 9.61. The van der Waals surface area contributed by atoms with E-state index < -0.39 is 0 Å². The number of anilines is 1. The third kappa shape index (κ3) is 3.69. The van der Waals surface area contributed by atoms with Crippen LogP contribution in [0.5, 0.6) is 5.75 Å². The Morgan fingerprint density at radius 2 is 2.00 bits per heavy atom. The van der Waals surface area contributed by atoms with Gasteiger partial charge in [0.2, 0.25) is 0 Å². The van der Waals surface area contributed by atoms with Gasteiger partial charge in [-0.05, 0) is 37.0 Å². The Kier molecular flexibility index (Phi) is 5.38. The van der Waals surface area contributed by atoms with Crippen molar-refractivity contribution in [3.63, 3.8) is 0 Å². The summed E-state index contributed by atoms with van der Waals surface area (Å²) in [6.07, 6.45) is 5.75. The van der Waals surface area contributed by atoms with Crippen molar-refractivity contribution in [3.05, 3.63) is 36.3 Å². The van der Waals surface area contributed by atoms with E-state index in [1.165, 1.54) is 5.56 Å². The molecule has 0 spiro atoms. The lowest BCUT2D eigenvalue weighted by atomic mass is 9.98. The van der Waals surface area contributed by atoms with E-state index in [4.69, 9.17) is 14.5 Å². The lowest BCUT2D eigenvalue weighted by Crippen LogP contribution is -2.61. The van der Waals surface area contributed by atoms with Crippen LogP contribution in [0.4, 0.5) is 5.82 Å². The molecule has 0 unspecified atom stereocenters. The standard InChI is InChI=1S/C25H31N7O2/c1-15(2)22-23(16-10-20(33-3)25-26-14-27-32(25)11-16)29-19-4-5-21(30-24(19)22)31-12-18(13-31)28-17-6-8-34-9-7-17/h4-5,10-11,14-15,17-18,28-29H,6-9,12-13H2,1-3H3. The summed E-state index contributed by atoms with van der Waals surface area (Å²) in [5.74, 6) is 2.03. The van der Waals surface area contributed by atoms with Crippen LogP contribution in [0.25, 0.3) is 27.9 Å². The zero-order valence-electron chi connectivity index (χ0n) is 19.9. The van der Waals surface area contributed by atoms with Gasteiger partial charge in [0.25, 0.3) is 0 Å². The minimum absolute atomic E-state index is 0.295. The molecule has 0 bridgehead atoms. The number of pyridine rings is 2. The van der Waals surface area contributed by atoms with E-state index in [2.05, 4.69) is 51.3 Å². The minimum Gasteiger partial charge on any atom is -0.493 e. The summed E-state index contributed by atoms with van der Waals surface area (Å²) in [7, 11) is 1.66. The molecule has 0 aliphatic carbocycles. The van der Waals surface area contributed by atoms with Gasteiger partial charge in [0.1, 0.15) is 12.1 Å². The Bertz CT molecular complexity index is 1320. The van der Waals surface area contributed by atoms with Crippen LogP contribution in [0.1, 0.15) is 38.2 Å². The summed E-state index contributed by atoms with van der Waals surface area (Å²) >= 11 is 0. The van der Waals surface area contributed by atoms with Crippen LogP contribution < -0.4 is 15.0 Å². The van der Waals surface area contributed by atoms with E-state index >= 15 is 0 Å². The number of nitrogens with zero attached hydrogens (tertiary/aromatic N) is 5. The first kappa shape index (κ1) is 21.4. The first-order valence-electron chi connectivity index (χ1n) is 12.1. The van der Waals surface area contributed by atoms with Crippen LogP contribution in [0.2, 0.25) is 0 Å². The number of methoxy groups -OCH3 is 1. The molecule has 2 N–H and O–H groups in total. The van der Waals surface area contributed by atoms with Crippen molar-refractivity contribution >= 4 is 22.5 Å². The molecule has 9 heteroatoms. The van der Waals surface area contributed by atoms with Gasteiger partial charge < -0.3 is 24.7 Å². The zero-order chi connectivity index (χ0) is 23.2. The molecule has 4 aromatic rings. The molecule has 178 valence electrons. The van der Waals surface area contributed by atoms with Gasteiger partial charge in [-0.3, -0.25) is 0 Å². The van der Waals surface area contributed by atoms with Crippen LogP contribution >= 0.6 is 0 Å². The smallest absolute Gasteiger partial charge is 0.197 e. The Morgan fingerprint density at radius 3 is 2.76 bits per heavy atom. The molecule has 2 fully saturated rings. The summed E-state index contributed by atoms with van der Waals surface area (Å²) in [5, 5.41) is 8.11. The van der Waals surface area contributed by atoms with Gasteiger partial charge in [-0.2, -0.15) is 5.10 Å². The summed E-state index contributed by atoms with van der Waals surface area (Å²) in [6, 6.07) is 7.39. The topological polar surface area (TPSA) is 92.6 Å². The molecule has 0 radical (unpaired) electrons. The molecule has 4 aromatic heterocycles. The predicted octanol–water partition coefficient (Wildman–Crippen LogP) is 3.36. The van der Waals surface area contributed by atoms with Gasteiger partial charge in [-0.15, -0.1) is 0 Å². The van der Waals surface area contributed by atoms with E-state index in [0.29, 0.717) is 29.4 Å². The average Bonchev–Trinajstić information content (AvgIpc) is 3.45. The fraction of sp³-hybridized carbons (Fsp3) is 0.480. The number of fused-ring (bicyclic) bond motifs is 2. The summed E-state index contributed by atoms with van der Waals surface area (Å²) in [5.41, 5.74) is 6.03. The van der Waals surface area contributed by atoms with Crippen LogP contribution in [0.15, 0.2) is 30.7 Å². The van der Waals surface area contributed by atoms with Crippen molar-refractivity contribution in [1.82, 2.24) is 29.9 Å². The molecule has 2 aliphatic rings. The zero-order valence-corrected chi connectivity index (χ0v) is 19.9. The second-order valence-electron chi connectivity index (χ2n) is 9.61. The van der Waals surface area contributed by atoms with E-state index in [1.54, 1.807) is 18.0 Å². The highest BCUT2D eigenvalue weighted by Crippen LogP contribution is 2.37. The predicted molar refractivity (Wildman–Crippen MR) is 132 cm³/mol. The number of aromatic amines is 1. The van der Waals surface area contributed by atoms with Gasteiger partial charge in [0.15, 0.2) is 11.4 Å². The van der Waals surface area contributed by atoms with Crippen molar-refractivity contribution < 1.29 is 9.47 Å². The molecular formula is C25H31N7O2. The molecule has 6 rings (SSSR count). The monoisotopic (exact) mass is 461 g/mol. The Morgan fingerprint density at radius 1 is 1.18 bits per heavy atom. The third-order valence-corrected chi connectivity index (χ3v) is 6.99. The first-order chi connectivity index (χ1) is 16.6. The molecule has 0 aromatic carbocycles. The maximum absolute atomic E-state index is 5.59. The van der Waals surface area contributed by atoms with E-state index in [-0.39, 0.29) is 0 Å². The highest BCUT2D eigenvalue weighted by Gasteiger charge is 2.30. The van der Waals surface area contributed by atoms with Crippen LogP contribution in [0, 0.1) is 0 Å². The van der Waals surface area contributed by atoms with Crippen LogP contribution in [-0.2, 0) is 4.74 Å². The summed E-state index contributed by atoms with van der Waals surface area (Å²) < 4.78 is 12.8. The van der Waals surface area contributed by atoms with Gasteiger partial charge in [0.05, 0.1) is 23.8 Å². The van der Waals surface area contributed by atoms with Crippen molar-refractivity contribution in [3.8, 4) is 17.0 Å². The number of nitrogens with one attached hydrogen (secondary N) is 2. The molecule has 34 heavy (non-hydrogen) atoms. The summed E-state index contributed by atoms with van der Waals surface area (Å²) in [4.78, 5) is 15.4. The Balaban J connectivity index is 1.30. The van der Waals surface area contributed by atoms with Crippen molar-refractivity contribution in [2.75, 3.05) is 38.3 Å². The molecule has 9 nitrogen and oxygen atoms in total. The van der Waals surface area contributed by atoms with Gasteiger partial charge in [-0.25, -0.2) is 14.5 Å². The largest absolute Gasteiger partial charge is 0.493 e. The van der Waals surface area contributed by atoms with Crippen molar-refractivity contribution in [1.29, 1.82) is 0 Å². The number of H-pyrrole nitrogens is 1. The highest BCUT2D eigenvalue weighted by atomic mass is 16.5. The maximum atomic E-state index is 5.59. The number of ether oxygens (including phenoxy) is 2. The van der Waals surface area contributed by atoms with E-state index in [9.17, 15) is 0 Å². The van der Waals surface area contributed by atoms with Crippen molar-refractivity contribution in [2.24, 2.45) is 0 Å². The number of aromatic nitrogens is 5. The Labute approximate surface area is 198 Å². The van der Waals surface area contributed by atoms with Gasteiger partial charge >= 0.3 is 0 Å². The van der Waals surface area contributed by atoms with E-state index in [0.717, 1.165) is 67.3 Å². The quantitative estimate of drug-likeness (QED) is 0.455. The molecule has 0 saturated carbocycles. The molecular weight excluding hydrogens is 430 g/mol. The molecule has 2 aliphatic heterocycles. The Hall–Kier alpha value is -3.17. The third-order valence-electron chi connectivity index (χ3n) is 6.99. The van der Waals surface area contributed by atoms with Crippen LogP contribution in [0.3, 0.4) is 0 Å². The van der Waals surface area contributed by atoms with Crippen LogP contribution in [-0.4, -0.2) is 70.1 Å². The summed E-state index contributed by atoms with van der Waals surface area (Å²) in [6.45, 7) is 8.15. The second kappa shape index (κ2) is 8.56. The normalized spacial score (nSPS) is 17.7. The molecule has 0 amide bonds. The minimum atomic E-state index is 0.295. The van der Waals surface area contributed by atoms with Gasteiger partial charge in [-0.1, -0.05) is 13.8 Å². The molecule has 2 saturated heterocycles. The fourth-order valence-electron chi connectivity index (χ4n) is 5.19. The lowest BCUT2D eigenvalue weighted by molar-refractivity contribution is 0.0736. The average molecular weight is 462 g/mol. The number of hydrogen-bond donors (Lipinski definition) is 2. The SMILES string of the molecule is COc1cc(-c2[nH]c3ccc(N4CC(NC5CCOCC5)C4)nc3c2C(C)C)cn2ncnc12. The van der Waals surface area contributed by atoms with Crippen molar-refractivity contribution in [2.45, 2.75) is 44.7 Å². The first-order valence-corrected chi connectivity index (χ1v) is 12.1. The maximum Gasteiger partial charge on any atom is 0.197 e. The number of rotatable bonds is 6. The highest BCUT2D eigenvalue weighted by molar-refractivity contribution is 5.90. The fourth-order valence-corrected chi connectivity index (χ4v) is 5.19. The molecule has 0 atom stereocenters. The molecule has 6 heterocycles. The van der Waals surface area contributed by atoms with Gasteiger partial charge in [0, 0.05) is 55.7 Å². The number of hydrogen-bond acceptors (Lipinski definition) is 7. The lowest BCUT2D eigenvalue weighted by Gasteiger charge is -2.43.